The molecule has 5 N–H and O–H groups in total. The largest absolute Gasteiger partial charge is 0.507 e. The number of aromatic hydroxyl groups is 1. The van der Waals surface area contributed by atoms with E-state index in [1.807, 2.05) is 12.1 Å². The lowest BCUT2D eigenvalue weighted by molar-refractivity contribution is 0.471. The van der Waals surface area contributed by atoms with E-state index in [2.05, 4.69) is 15.9 Å². The van der Waals surface area contributed by atoms with Gasteiger partial charge in [-0.3, -0.25) is 0 Å². The summed E-state index contributed by atoms with van der Waals surface area (Å²) in [5.41, 5.74) is 12.4. The Labute approximate surface area is 92.2 Å². The van der Waals surface area contributed by atoms with Crippen molar-refractivity contribution >= 4 is 15.9 Å². The zero-order valence-corrected chi connectivity index (χ0v) is 9.50. The van der Waals surface area contributed by atoms with Gasteiger partial charge in [0.25, 0.3) is 0 Å². The second-order valence-electron chi connectivity index (χ2n) is 3.25. The number of benzene rings is 1. The lowest BCUT2D eigenvalue weighted by atomic mass is 10.0. The highest BCUT2D eigenvalue weighted by Crippen LogP contribution is 2.27. The lowest BCUT2D eigenvalue weighted by Crippen LogP contribution is -2.12. The zero-order valence-electron chi connectivity index (χ0n) is 7.91. The van der Waals surface area contributed by atoms with Gasteiger partial charge < -0.3 is 16.6 Å². The molecule has 1 rings (SSSR count). The predicted molar refractivity (Wildman–Crippen MR) is 61.0 cm³/mol. The van der Waals surface area contributed by atoms with Crippen molar-refractivity contribution in [2.75, 3.05) is 6.54 Å². The number of phenolic OH excluding ortho intramolecular Hbond substituents is 1. The van der Waals surface area contributed by atoms with Gasteiger partial charge in [0.15, 0.2) is 0 Å². The predicted octanol–water partition coefficient (Wildman–Crippen LogP) is 1.89. The van der Waals surface area contributed by atoms with Gasteiger partial charge in [-0.2, -0.15) is 0 Å². The second kappa shape index (κ2) is 5.34. The molecule has 0 spiro atoms. The van der Waals surface area contributed by atoms with Crippen LogP contribution in [-0.2, 0) is 0 Å². The summed E-state index contributed by atoms with van der Waals surface area (Å²) in [6.45, 7) is 0.660. The highest BCUT2D eigenvalue weighted by atomic mass is 79.9. The van der Waals surface area contributed by atoms with Gasteiger partial charge >= 0.3 is 0 Å². The molecule has 1 atom stereocenters. The second-order valence-corrected chi connectivity index (χ2v) is 4.10. The minimum atomic E-state index is -0.00421. The van der Waals surface area contributed by atoms with E-state index in [-0.39, 0.29) is 11.8 Å². The molecule has 0 aromatic heterocycles. The molecule has 1 aromatic rings. The quantitative estimate of drug-likeness (QED) is 0.773. The molecule has 0 aliphatic carbocycles. The fraction of sp³-hybridized carbons (Fsp3) is 0.400. The van der Waals surface area contributed by atoms with E-state index in [1.54, 1.807) is 6.07 Å². The van der Waals surface area contributed by atoms with E-state index in [0.717, 1.165) is 18.4 Å². The molecule has 0 bridgehead atoms. The van der Waals surface area contributed by atoms with Gasteiger partial charge in [0, 0.05) is 6.04 Å². The summed E-state index contributed by atoms with van der Waals surface area (Å²) in [7, 11) is 0. The van der Waals surface area contributed by atoms with Crippen LogP contribution in [0.2, 0.25) is 0 Å². The van der Waals surface area contributed by atoms with Crippen LogP contribution >= 0.6 is 15.9 Å². The summed E-state index contributed by atoms with van der Waals surface area (Å²) in [5.74, 6) is 0.236. The van der Waals surface area contributed by atoms with E-state index < -0.39 is 0 Å². The number of hydrogen-bond donors (Lipinski definition) is 3. The molecule has 0 radical (unpaired) electrons. The highest BCUT2D eigenvalue weighted by Gasteiger charge is 2.07. The highest BCUT2D eigenvalue weighted by molar-refractivity contribution is 9.10. The Morgan fingerprint density at radius 3 is 2.71 bits per heavy atom. The third-order valence-corrected chi connectivity index (χ3v) is 2.75. The molecular formula is C10H15BrN2O. The average Bonchev–Trinajstić information content (AvgIpc) is 2.18. The summed E-state index contributed by atoms with van der Waals surface area (Å²) in [6, 6.07) is 5.31. The van der Waals surface area contributed by atoms with Crippen LogP contribution < -0.4 is 11.5 Å². The molecule has 3 nitrogen and oxygen atoms in total. The maximum atomic E-state index is 9.29. The van der Waals surface area contributed by atoms with Crippen LogP contribution in [0.25, 0.3) is 0 Å². The third kappa shape index (κ3) is 2.97. The normalized spacial score (nSPS) is 12.8. The van der Waals surface area contributed by atoms with Gasteiger partial charge in [-0.05, 0) is 53.0 Å². The Balaban J connectivity index is 2.70. The summed E-state index contributed by atoms with van der Waals surface area (Å²) >= 11 is 3.25. The van der Waals surface area contributed by atoms with Crippen LogP contribution in [0.5, 0.6) is 5.75 Å². The number of hydrogen-bond acceptors (Lipinski definition) is 3. The van der Waals surface area contributed by atoms with Crippen LogP contribution in [0.1, 0.15) is 24.4 Å². The molecule has 0 saturated carbocycles. The maximum absolute atomic E-state index is 9.29. The molecule has 4 heteroatoms. The van der Waals surface area contributed by atoms with E-state index in [1.165, 1.54) is 0 Å². The number of halogens is 1. The summed E-state index contributed by atoms with van der Waals surface area (Å²) in [5, 5.41) is 9.29. The molecule has 0 heterocycles. The van der Waals surface area contributed by atoms with Crippen molar-refractivity contribution in [2.24, 2.45) is 11.5 Å². The van der Waals surface area contributed by atoms with E-state index >= 15 is 0 Å². The van der Waals surface area contributed by atoms with Crippen LogP contribution in [-0.4, -0.2) is 11.7 Å². The molecule has 0 saturated heterocycles. The van der Waals surface area contributed by atoms with Crippen LogP contribution in [0, 0.1) is 0 Å². The molecule has 0 amide bonds. The first-order valence-electron chi connectivity index (χ1n) is 4.59. The standard InChI is InChI=1S/C10H15BrN2O/c11-8-6-7(3-4-10(8)14)9(13)2-1-5-12/h3-4,6,9,14H,1-2,5,12-13H2/t9-/m0/s1. The van der Waals surface area contributed by atoms with Gasteiger partial charge in [0.2, 0.25) is 0 Å². The minimum Gasteiger partial charge on any atom is -0.507 e. The Morgan fingerprint density at radius 1 is 1.43 bits per heavy atom. The van der Waals surface area contributed by atoms with Crippen LogP contribution in [0.4, 0.5) is 0 Å². The molecule has 14 heavy (non-hydrogen) atoms. The number of rotatable bonds is 4. The Hall–Kier alpha value is -0.580. The SMILES string of the molecule is NCCC[C@H](N)c1ccc(O)c(Br)c1. The minimum absolute atomic E-state index is 0.00421. The van der Waals surface area contributed by atoms with Crippen molar-refractivity contribution < 1.29 is 5.11 Å². The van der Waals surface area contributed by atoms with Gasteiger partial charge in [0.1, 0.15) is 5.75 Å². The van der Waals surface area contributed by atoms with Crippen molar-refractivity contribution in [1.29, 1.82) is 0 Å². The maximum Gasteiger partial charge on any atom is 0.129 e. The molecule has 78 valence electrons. The van der Waals surface area contributed by atoms with Crippen molar-refractivity contribution in [3.05, 3.63) is 28.2 Å². The van der Waals surface area contributed by atoms with Crippen molar-refractivity contribution in [2.45, 2.75) is 18.9 Å². The summed E-state index contributed by atoms with van der Waals surface area (Å²) in [4.78, 5) is 0. The van der Waals surface area contributed by atoms with Crippen molar-refractivity contribution in [3.8, 4) is 5.75 Å². The Kier molecular flexibility index (Phi) is 4.38. The van der Waals surface area contributed by atoms with Gasteiger partial charge in [-0.15, -0.1) is 0 Å². The summed E-state index contributed by atoms with van der Waals surface area (Å²) in [6.07, 6.45) is 1.79. The molecule has 0 aliphatic heterocycles. The fourth-order valence-corrected chi connectivity index (χ4v) is 1.65. The van der Waals surface area contributed by atoms with Crippen molar-refractivity contribution in [3.63, 3.8) is 0 Å². The number of nitrogens with two attached hydrogens (primary N) is 2. The molecule has 0 aliphatic rings. The Morgan fingerprint density at radius 2 is 2.14 bits per heavy atom. The Bertz CT molecular complexity index is 304. The first-order valence-corrected chi connectivity index (χ1v) is 5.38. The van der Waals surface area contributed by atoms with E-state index in [4.69, 9.17) is 11.5 Å². The van der Waals surface area contributed by atoms with Crippen molar-refractivity contribution in [1.82, 2.24) is 0 Å². The van der Waals surface area contributed by atoms with Crippen LogP contribution in [0.15, 0.2) is 22.7 Å². The average molecular weight is 259 g/mol. The first-order chi connectivity index (χ1) is 6.65. The van der Waals surface area contributed by atoms with Gasteiger partial charge in [-0.1, -0.05) is 6.07 Å². The van der Waals surface area contributed by atoms with E-state index in [0.29, 0.717) is 11.0 Å². The lowest BCUT2D eigenvalue weighted by Gasteiger charge is -2.11. The molecule has 1 aromatic carbocycles. The van der Waals surface area contributed by atoms with Gasteiger partial charge in [0.05, 0.1) is 4.47 Å². The molecular weight excluding hydrogens is 244 g/mol. The van der Waals surface area contributed by atoms with Gasteiger partial charge in [-0.25, -0.2) is 0 Å². The number of phenols is 1. The van der Waals surface area contributed by atoms with Crippen LogP contribution in [0.3, 0.4) is 0 Å². The fourth-order valence-electron chi connectivity index (χ4n) is 1.26. The van der Waals surface area contributed by atoms with E-state index in [9.17, 15) is 5.11 Å². The topological polar surface area (TPSA) is 72.3 Å². The first kappa shape index (κ1) is 11.5. The third-order valence-electron chi connectivity index (χ3n) is 2.12. The smallest absolute Gasteiger partial charge is 0.129 e. The molecule has 0 fully saturated rings. The monoisotopic (exact) mass is 258 g/mol. The zero-order chi connectivity index (χ0) is 10.6. The molecule has 0 unspecified atom stereocenters. The summed E-state index contributed by atoms with van der Waals surface area (Å²) < 4.78 is 0.679.